The molecule has 1 aliphatic heterocycles. The van der Waals surface area contributed by atoms with E-state index in [4.69, 9.17) is 4.74 Å². The van der Waals surface area contributed by atoms with Gasteiger partial charge in [0.15, 0.2) is 0 Å². The number of piperidine rings is 1. The number of para-hydroxylation sites is 1. The Morgan fingerprint density at radius 1 is 1.20 bits per heavy atom. The lowest BCUT2D eigenvalue weighted by Crippen LogP contribution is -2.35. The number of hydrogen-bond donors (Lipinski definition) is 1. The number of ether oxygens (including phenoxy) is 1. The van der Waals surface area contributed by atoms with Crippen LogP contribution in [0, 0.1) is 0 Å². The van der Waals surface area contributed by atoms with Crippen molar-refractivity contribution in [3.05, 3.63) is 30.3 Å². The largest absolute Gasteiger partial charge is 0.494 e. The van der Waals surface area contributed by atoms with Gasteiger partial charge in [-0.15, -0.1) is 0 Å². The van der Waals surface area contributed by atoms with E-state index in [1.54, 1.807) is 0 Å². The van der Waals surface area contributed by atoms with Gasteiger partial charge in [0, 0.05) is 6.04 Å². The molecule has 1 atom stereocenters. The lowest BCUT2D eigenvalue weighted by Gasteiger charge is -2.23. The van der Waals surface area contributed by atoms with Crippen LogP contribution in [0.5, 0.6) is 5.75 Å². The minimum Gasteiger partial charge on any atom is -0.494 e. The molecule has 1 aromatic carbocycles. The minimum absolute atomic E-state index is 0.669. The van der Waals surface area contributed by atoms with Crippen molar-refractivity contribution in [3.8, 4) is 5.75 Å². The molecule has 0 radical (unpaired) electrons. The maximum absolute atomic E-state index is 5.67. The third-order valence-corrected chi connectivity index (χ3v) is 2.89. The van der Waals surface area contributed by atoms with Gasteiger partial charge in [-0.3, -0.25) is 0 Å². The van der Waals surface area contributed by atoms with Gasteiger partial charge < -0.3 is 10.1 Å². The number of nitrogens with one attached hydrogen (secondary N) is 1. The van der Waals surface area contributed by atoms with Crippen molar-refractivity contribution in [1.29, 1.82) is 0 Å². The first-order valence-corrected chi connectivity index (χ1v) is 5.86. The van der Waals surface area contributed by atoms with Gasteiger partial charge in [-0.25, -0.2) is 0 Å². The van der Waals surface area contributed by atoms with E-state index >= 15 is 0 Å². The van der Waals surface area contributed by atoms with E-state index in [-0.39, 0.29) is 0 Å². The summed E-state index contributed by atoms with van der Waals surface area (Å²) in [4.78, 5) is 0. The zero-order chi connectivity index (χ0) is 10.3. The Kier molecular flexibility index (Phi) is 4.03. The average Bonchev–Trinajstić information content (AvgIpc) is 2.32. The van der Waals surface area contributed by atoms with Gasteiger partial charge in [-0.05, 0) is 37.9 Å². The molecule has 0 spiro atoms. The zero-order valence-electron chi connectivity index (χ0n) is 9.11. The predicted molar refractivity (Wildman–Crippen MR) is 62.2 cm³/mol. The fourth-order valence-electron chi connectivity index (χ4n) is 2.01. The van der Waals surface area contributed by atoms with E-state index in [1.807, 2.05) is 30.3 Å². The molecule has 1 aromatic rings. The van der Waals surface area contributed by atoms with Gasteiger partial charge in [0.05, 0.1) is 6.61 Å². The fourth-order valence-corrected chi connectivity index (χ4v) is 2.01. The average molecular weight is 205 g/mol. The van der Waals surface area contributed by atoms with Crippen LogP contribution in [-0.4, -0.2) is 19.2 Å². The molecule has 82 valence electrons. The summed E-state index contributed by atoms with van der Waals surface area (Å²) in [5.74, 6) is 0.980. The standard InChI is InChI=1S/C13H19NO/c1-2-7-13(8-3-1)15-11-9-12-6-4-5-10-14-12/h1-3,7-8,12,14H,4-6,9-11H2/t12-/m0/s1. The first-order chi connectivity index (χ1) is 7.45. The zero-order valence-corrected chi connectivity index (χ0v) is 9.11. The molecular formula is C13H19NO. The Labute approximate surface area is 91.6 Å². The van der Waals surface area contributed by atoms with E-state index in [0.29, 0.717) is 6.04 Å². The Morgan fingerprint density at radius 3 is 2.80 bits per heavy atom. The summed E-state index contributed by atoms with van der Waals surface area (Å²) < 4.78 is 5.67. The van der Waals surface area contributed by atoms with Crippen molar-refractivity contribution in [3.63, 3.8) is 0 Å². The van der Waals surface area contributed by atoms with Crippen molar-refractivity contribution in [2.75, 3.05) is 13.2 Å². The highest BCUT2D eigenvalue weighted by atomic mass is 16.5. The molecule has 1 aliphatic rings. The SMILES string of the molecule is c1ccc(OCC[C@@H]2CCCCN2)cc1. The predicted octanol–water partition coefficient (Wildman–Crippen LogP) is 2.60. The second kappa shape index (κ2) is 5.76. The van der Waals surface area contributed by atoms with Gasteiger partial charge in [0.25, 0.3) is 0 Å². The highest BCUT2D eigenvalue weighted by Crippen LogP contribution is 2.12. The molecule has 0 bridgehead atoms. The maximum atomic E-state index is 5.67. The number of hydrogen-bond acceptors (Lipinski definition) is 2. The summed E-state index contributed by atoms with van der Waals surface area (Å²) in [5.41, 5.74) is 0. The quantitative estimate of drug-likeness (QED) is 0.815. The van der Waals surface area contributed by atoms with Crippen LogP contribution in [0.3, 0.4) is 0 Å². The molecule has 1 fully saturated rings. The Bertz CT molecular complexity index is 267. The second-order valence-corrected chi connectivity index (χ2v) is 4.10. The summed E-state index contributed by atoms with van der Waals surface area (Å²) in [5, 5.41) is 3.53. The smallest absolute Gasteiger partial charge is 0.119 e. The molecule has 2 nitrogen and oxygen atoms in total. The molecule has 2 rings (SSSR count). The van der Waals surface area contributed by atoms with Crippen LogP contribution in [0.2, 0.25) is 0 Å². The van der Waals surface area contributed by atoms with Crippen LogP contribution in [0.25, 0.3) is 0 Å². The summed E-state index contributed by atoms with van der Waals surface area (Å²) in [6.45, 7) is 2.00. The van der Waals surface area contributed by atoms with Gasteiger partial charge in [0.1, 0.15) is 5.75 Å². The first kappa shape index (κ1) is 10.5. The minimum atomic E-state index is 0.669. The third-order valence-electron chi connectivity index (χ3n) is 2.89. The molecule has 2 heteroatoms. The summed E-state index contributed by atoms with van der Waals surface area (Å²) in [6.07, 6.45) is 5.12. The Morgan fingerprint density at radius 2 is 2.07 bits per heavy atom. The van der Waals surface area contributed by atoms with Crippen molar-refractivity contribution in [1.82, 2.24) is 5.32 Å². The van der Waals surface area contributed by atoms with E-state index in [9.17, 15) is 0 Å². The van der Waals surface area contributed by atoms with Gasteiger partial charge in [-0.1, -0.05) is 24.6 Å². The number of benzene rings is 1. The maximum Gasteiger partial charge on any atom is 0.119 e. The molecule has 0 unspecified atom stereocenters. The number of rotatable bonds is 4. The van der Waals surface area contributed by atoms with Gasteiger partial charge in [-0.2, -0.15) is 0 Å². The highest BCUT2D eigenvalue weighted by Gasteiger charge is 2.11. The first-order valence-electron chi connectivity index (χ1n) is 5.86. The second-order valence-electron chi connectivity index (χ2n) is 4.10. The highest BCUT2D eigenvalue weighted by molar-refractivity contribution is 5.20. The summed E-state index contributed by atoms with van der Waals surface area (Å²) >= 11 is 0. The molecule has 0 saturated carbocycles. The van der Waals surface area contributed by atoms with Crippen molar-refractivity contribution in [2.24, 2.45) is 0 Å². The van der Waals surface area contributed by atoms with Gasteiger partial charge in [0.2, 0.25) is 0 Å². The third kappa shape index (κ3) is 3.56. The Hall–Kier alpha value is -1.02. The Balaban J connectivity index is 1.66. The topological polar surface area (TPSA) is 21.3 Å². The molecule has 15 heavy (non-hydrogen) atoms. The van der Waals surface area contributed by atoms with Crippen molar-refractivity contribution >= 4 is 0 Å². The van der Waals surface area contributed by atoms with Crippen LogP contribution in [0.4, 0.5) is 0 Å². The monoisotopic (exact) mass is 205 g/mol. The molecule has 0 aliphatic carbocycles. The van der Waals surface area contributed by atoms with Crippen LogP contribution in [-0.2, 0) is 0 Å². The normalized spacial score (nSPS) is 21.2. The molecule has 1 saturated heterocycles. The van der Waals surface area contributed by atoms with E-state index in [0.717, 1.165) is 18.8 Å². The van der Waals surface area contributed by atoms with E-state index < -0.39 is 0 Å². The molecule has 0 aromatic heterocycles. The summed E-state index contributed by atoms with van der Waals surface area (Å²) in [6, 6.07) is 10.7. The molecule has 1 N–H and O–H groups in total. The van der Waals surface area contributed by atoms with Crippen LogP contribution < -0.4 is 10.1 Å². The van der Waals surface area contributed by atoms with E-state index in [2.05, 4.69) is 5.32 Å². The van der Waals surface area contributed by atoms with Crippen LogP contribution in [0.1, 0.15) is 25.7 Å². The summed E-state index contributed by atoms with van der Waals surface area (Å²) in [7, 11) is 0. The van der Waals surface area contributed by atoms with Crippen molar-refractivity contribution in [2.45, 2.75) is 31.7 Å². The van der Waals surface area contributed by atoms with Gasteiger partial charge >= 0.3 is 0 Å². The fraction of sp³-hybridized carbons (Fsp3) is 0.538. The molecular weight excluding hydrogens is 186 g/mol. The van der Waals surface area contributed by atoms with Crippen molar-refractivity contribution < 1.29 is 4.74 Å². The van der Waals surface area contributed by atoms with Crippen LogP contribution >= 0.6 is 0 Å². The lowest BCUT2D eigenvalue weighted by molar-refractivity contribution is 0.268. The molecule has 0 amide bonds. The van der Waals surface area contributed by atoms with E-state index in [1.165, 1.54) is 25.8 Å². The van der Waals surface area contributed by atoms with Crippen LogP contribution in [0.15, 0.2) is 30.3 Å². The lowest BCUT2D eigenvalue weighted by atomic mass is 10.0. The molecule has 1 heterocycles.